The zero-order valence-electron chi connectivity index (χ0n) is 15.2. The Labute approximate surface area is 159 Å². The van der Waals surface area contributed by atoms with Crippen LogP contribution in [0.2, 0.25) is 0 Å². The van der Waals surface area contributed by atoms with Crippen LogP contribution in [0.25, 0.3) is 0 Å². The summed E-state index contributed by atoms with van der Waals surface area (Å²) in [5.41, 5.74) is 2.25. The van der Waals surface area contributed by atoms with Gasteiger partial charge in [-0.3, -0.25) is 4.90 Å². The summed E-state index contributed by atoms with van der Waals surface area (Å²) in [5, 5.41) is 0. The van der Waals surface area contributed by atoms with Crippen molar-refractivity contribution in [2.75, 3.05) is 39.0 Å². The van der Waals surface area contributed by atoms with Crippen LogP contribution >= 0.6 is 0 Å². The average molecular weight is 389 g/mol. The van der Waals surface area contributed by atoms with Crippen LogP contribution in [0, 0.1) is 0 Å². The second-order valence-electron chi connectivity index (χ2n) is 6.90. The molecule has 1 aromatic carbocycles. The van der Waals surface area contributed by atoms with Crippen LogP contribution in [-0.2, 0) is 16.6 Å². The summed E-state index contributed by atoms with van der Waals surface area (Å²) in [4.78, 5) is 6.49. The van der Waals surface area contributed by atoms with Gasteiger partial charge in [-0.25, -0.2) is 13.4 Å². The lowest BCUT2D eigenvalue weighted by Crippen LogP contribution is -2.47. The third kappa shape index (κ3) is 4.23. The molecule has 144 valence electrons. The van der Waals surface area contributed by atoms with Gasteiger partial charge in [0.2, 0.25) is 10.0 Å². The van der Waals surface area contributed by atoms with Crippen LogP contribution in [0.5, 0.6) is 11.6 Å². The fraction of sp³-hybridized carbons (Fsp3) is 0.421. The maximum Gasteiger partial charge on any atom is 0.257 e. The van der Waals surface area contributed by atoms with Crippen molar-refractivity contribution in [1.29, 1.82) is 0 Å². The molecule has 0 saturated carbocycles. The molecule has 27 heavy (non-hydrogen) atoms. The van der Waals surface area contributed by atoms with Gasteiger partial charge in [0, 0.05) is 38.9 Å². The van der Waals surface area contributed by atoms with E-state index < -0.39 is 10.0 Å². The first-order valence-corrected chi connectivity index (χ1v) is 10.8. The summed E-state index contributed by atoms with van der Waals surface area (Å²) < 4.78 is 36.4. The van der Waals surface area contributed by atoms with Crippen LogP contribution < -0.4 is 9.47 Å². The van der Waals surface area contributed by atoms with E-state index >= 15 is 0 Å². The molecule has 0 amide bonds. The normalized spacial score (nSPS) is 21.1. The number of pyridine rings is 1. The lowest BCUT2D eigenvalue weighted by atomic mass is 10.1. The van der Waals surface area contributed by atoms with Gasteiger partial charge in [0.05, 0.1) is 6.26 Å². The van der Waals surface area contributed by atoms with Crippen molar-refractivity contribution >= 4 is 10.0 Å². The number of fused-ring (bicyclic) bond motifs is 1. The minimum atomic E-state index is -3.09. The van der Waals surface area contributed by atoms with Crippen molar-refractivity contribution in [2.45, 2.75) is 12.6 Å². The molecule has 2 aliphatic rings. The Balaban J connectivity index is 1.35. The lowest BCUT2D eigenvalue weighted by Gasteiger charge is -2.33. The molecule has 0 bridgehead atoms. The predicted octanol–water partition coefficient (Wildman–Crippen LogP) is 1.67. The van der Waals surface area contributed by atoms with E-state index in [-0.39, 0.29) is 6.10 Å². The van der Waals surface area contributed by atoms with Gasteiger partial charge in [-0.2, -0.15) is 4.31 Å². The van der Waals surface area contributed by atoms with E-state index in [1.807, 2.05) is 12.1 Å². The number of hydrogen-bond donors (Lipinski definition) is 0. The summed E-state index contributed by atoms with van der Waals surface area (Å²) >= 11 is 0. The van der Waals surface area contributed by atoms with E-state index in [9.17, 15) is 8.42 Å². The molecular formula is C19H23N3O4S. The molecule has 8 heteroatoms. The Kier molecular flexibility index (Phi) is 5.03. The highest BCUT2D eigenvalue weighted by Crippen LogP contribution is 2.33. The molecule has 2 aromatic rings. The number of benzene rings is 1. The molecule has 2 aliphatic heterocycles. The molecule has 1 atom stereocenters. The quantitative estimate of drug-likeness (QED) is 0.792. The molecule has 0 spiro atoms. The van der Waals surface area contributed by atoms with Gasteiger partial charge >= 0.3 is 0 Å². The van der Waals surface area contributed by atoms with Crippen LogP contribution in [0.4, 0.5) is 0 Å². The molecule has 1 saturated heterocycles. The molecule has 1 fully saturated rings. The monoisotopic (exact) mass is 389 g/mol. The Morgan fingerprint density at radius 3 is 2.56 bits per heavy atom. The maximum atomic E-state index is 11.6. The van der Waals surface area contributed by atoms with E-state index in [1.165, 1.54) is 11.8 Å². The van der Waals surface area contributed by atoms with Crippen molar-refractivity contribution in [2.24, 2.45) is 0 Å². The van der Waals surface area contributed by atoms with Crippen molar-refractivity contribution in [3.63, 3.8) is 0 Å². The largest absolute Gasteiger partial charge is 0.484 e. The molecule has 7 nitrogen and oxygen atoms in total. The molecule has 4 rings (SSSR count). The minimum absolute atomic E-state index is 0.167. The van der Waals surface area contributed by atoms with Gasteiger partial charge in [-0.05, 0) is 23.3 Å². The minimum Gasteiger partial charge on any atom is -0.484 e. The molecule has 0 radical (unpaired) electrons. The van der Waals surface area contributed by atoms with Crippen molar-refractivity contribution in [1.82, 2.24) is 14.2 Å². The zero-order valence-corrected chi connectivity index (χ0v) is 16.1. The van der Waals surface area contributed by atoms with E-state index in [4.69, 9.17) is 9.47 Å². The number of nitrogens with zero attached hydrogens (tertiary/aromatic N) is 3. The number of rotatable bonds is 4. The Morgan fingerprint density at radius 1 is 1.11 bits per heavy atom. The van der Waals surface area contributed by atoms with Gasteiger partial charge < -0.3 is 9.47 Å². The Morgan fingerprint density at radius 2 is 1.85 bits per heavy atom. The third-order valence-electron chi connectivity index (χ3n) is 4.94. The standard InChI is InChI=1S/C19H23N3O4S/c1-27(23,24)22-11-9-21(10-12-22)13-15-4-6-16(7-5-15)18-14-25-17-3-2-8-20-19(17)26-18/h2-8,18H,9-14H2,1H3/t18-/m1/s1. The highest BCUT2D eigenvalue weighted by atomic mass is 32.2. The maximum absolute atomic E-state index is 11.6. The van der Waals surface area contributed by atoms with Crippen molar-refractivity contribution in [3.8, 4) is 11.6 Å². The van der Waals surface area contributed by atoms with Gasteiger partial charge in [-0.1, -0.05) is 24.3 Å². The number of ether oxygens (including phenoxy) is 2. The van der Waals surface area contributed by atoms with Crippen molar-refractivity contribution < 1.29 is 17.9 Å². The van der Waals surface area contributed by atoms with Gasteiger partial charge in [0.1, 0.15) is 6.61 Å². The fourth-order valence-corrected chi connectivity index (χ4v) is 4.21. The lowest BCUT2D eigenvalue weighted by molar-refractivity contribution is 0.0850. The van der Waals surface area contributed by atoms with Gasteiger partial charge in [0.25, 0.3) is 5.88 Å². The van der Waals surface area contributed by atoms with E-state index in [1.54, 1.807) is 10.5 Å². The van der Waals surface area contributed by atoms with Crippen molar-refractivity contribution in [3.05, 3.63) is 53.7 Å². The summed E-state index contributed by atoms with van der Waals surface area (Å²) in [7, 11) is -3.09. The SMILES string of the molecule is CS(=O)(=O)N1CCN(Cc2ccc([C@H]3COc4cccnc4O3)cc2)CC1. The van der Waals surface area contributed by atoms with Gasteiger partial charge in [0.15, 0.2) is 11.9 Å². The molecule has 0 aliphatic carbocycles. The molecule has 3 heterocycles. The second-order valence-corrected chi connectivity index (χ2v) is 8.89. The summed E-state index contributed by atoms with van der Waals surface area (Å²) in [6.45, 7) is 3.87. The van der Waals surface area contributed by atoms with Gasteiger partial charge in [-0.15, -0.1) is 0 Å². The summed E-state index contributed by atoms with van der Waals surface area (Å²) in [5.74, 6) is 1.21. The topological polar surface area (TPSA) is 72.0 Å². The van der Waals surface area contributed by atoms with E-state index in [2.05, 4.69) is 34.1 Å². The highest BCUT2D eigenvalue weighted by Gasteiger charge is 2.25. The molecular weight excluding hydrogens is 366 g/mol. The number of aromatic nitrogens is 1. The molecule has 0 unspecified atom stereocenters. The number of sulfonamides is 1. The Bertz CT molecular complexity index is 893. The first-order chi connectivity index (χ1) is 13.0. The predicted molar refractivity (Wildman–Crippen MR) is 101 cm³/mol. The molecule has 0 N–H and O–H groups in total. The highest BCUT2D eigenvalue weighted by molar-refractivity contribution is 7.88. The molecule has 1 aromatic heterocycles. The number of hydrogen-bond acceptors (Lipinski definition) is 6. The summed E-state index contributed by atoms with van der Waals surface area (Å²) in [6.07, 6.45) is 2.79. The number of piperazine rings is 1. The van der Waals surface area contributed by atoms with E-state index in [0.717, 1.165) is 25.2 Å². The van der Waals surface area contributed by atoms with Crippen LogP contribution in [0.3, 0.4) is 0 Å². The van der Waals surface area contributed by atoms with Crippen LogP contribution in [-0.4, -0.2) is 61.6 Å². The average Bonchev–Trinajstić information content (AvgIpc) is 2.68. The fourth-order valence-electron chi connectivity index (χ4n) is 3.39. The summed E-state index contributed by atoms with van der Waals surface area (Å²) in [6, 6.07) is 12.0. The smallest absolute Gasteiger partial charge is 0.257 e. The first kappa shape index (κ1) is 18.2. The third-order valence-corrected chi connectivity index (χ3v) is 6.24. The second kappa shape index (κ2) is 7.46. The zero-order chi connectivity index (χ0) is 18.9. The Hall–Kier alpha value is -2.16. The van der Waals surface area contributed by atoms with Crippen LogP contribution in [0.1, 0.15) is 17.2 Å². The van der Waals surface area contributed by atoms with E-state index in [0.29, 0.717) is 31.3 Å². The van der Waals surface area contributed by atoms with Crippen LogP contribution in [0.15, 0.2) is 42.6 Å². The first-order valence-electron chi connectivity index (χ1n) is 9.00.